The Hall–Kier alpha value is -0.960. The van der Waals surface area contributed by atoms with Gasteiger partial charge in [-0.1, -0.05) is 39.0 Å². The number of hydrogen-bond acceptors (Lipinski definition) is 2. The van der Waals surface area contributed by atoms with Crippen molar-refractivity contribution >= 4 is 0 Å². The number of rotatable bonds is 9. The van der Waals surface area contributed by atoms with Gasteiger partial charge in [0.2, 0.25) is 0 Å². The zero-order chi connectivity index (χ0) is 14.0. The molecule has 0 aromatic heterocycles. The van der Waals surface area contributed by atoms with Crippen molar-refractivity contribution in [2.24, 2.45) is 11.8 Å². The van der Waals surface area contributed by atoms with Crippen molar-refractivity contribution in [3.63, 3.8) is 0 Å². The first kappa shape index (κ1) is 17.0. The molecule has 18 heavy (non-hydrogen) atoms. The van der Waals surface area contributed by atoms with E-state index in [-0.39, 0.29) is 0 Å². The molecule has 0 heterocycles. The van der Waals surface area contributed by atoms with E-state index in [9.17, 15) is 10.2 Å². The number of hydrogen-bond donors (Lipinski definition) is 2. The SMILES string of the molecule is C#CC(C)CCCCC(C)CCC(O)C(O)C#C. The molecule has 0 aliphatic carbocycles. The van der Waals surface area contributed by atoms with E-state index in [0.29, 0.717) is 18.3 Å². The van der Waals surface area contributed by atoms with E-state index in [1.807, 2.05) is 0 Å². The van der Waals surface area contributed by atoms with Gasteiger partial charge in [-0.15, -0.1) is 18.8 Å². The van der Waals surface area contributed by atoms with Crippen LogP contribution in [-0.4, -0.2) is 22.4 Å². The Morgan fingerprint density at radius 2 is 1.50 bits per heavy atom. The zero-order valence-corrected chi connectivity index (χ0v) is 11.6. The molecule has 2 heteroatoms. The van der Waals surface area contributed by atoms with E-state index >= 15 is 0 Å². The summed E-state index contributed by atoms with van der Waals surface area (Å²) < 4.78 is 0. The average molecular weight is 250 g/mol. The Bertz CT molecular complexity index is 284. The molecule has 4 atom stereocenters. The molecule has 0 radical (unpaired) electrons. The molecule has 0 aromatic carbocycles. The highest BCUT2D eigenvalue weighted by molar-refractivity contribution is 4.97. The highest BCUT2D eigenvalue weighted by Gasteiger charge is 2.14. The molecule has 0 spiro atoms. The third-order valence-corrected chi connectivity index (χ3v) is 3.36. The van der Waals surface area contributed by atoms with E-state index in [2.05, 4.69) is 25.7 Å². The summed E-state index contributed by atoms with van der Waals surface area (Å²) in [5.41, 5.74) is 0. The van der Waals surface area contributed by atoms with Gasteiger partial charge in [0.1, 0.15) is 6.10 Å². The van der Waals surface area contributed by atoms with Crippen LogP contribution in [0.3, 0.4) is 0 Å². The van der Waals surface area contributed by atoms with Crippen LogP contribution < -0.4 is 0 Å². The molecular weight excluding hydrogens is 224 g/mol. The van der Waals surface area contributed by atoms with Crippen LogP contribution in [0.2, 0.25) is 0 Å². The monoisotopic (exact) mass is 250 g/mol. The fraction of sp³-hybridized carbons (Fsp3) is 0.750. The molecule has 0 rings (SSSR count). The second-order valence-corrected chi connectivity index (χ2v) is 5.21. The maximum Gasteiger partial charge on any atom is 0.140 e. The molecule has 0 bridgehead atoms. The Balaban J connectivity index is 3.58. The Morgan fingerprint density at radius 3 is 2.06 bits per heavy atom. The largest absolute Gasteiger partial charge is 0.389 e. The standard InChI is InChI=1S/C16H26O2/c1-5-13(3)9-7-8-10-14(4)11-12-16(18)15(17)6-2/h1-2,13-18H,7-12H2,3-4H3. The van der Waals surface area contributed by atoms with Gasteiger partial charge in [0.05, 0.1) is 6.10 Å². The summed E-state index contributed by atoms with van der Waals surface area (Å²) in [6, 6.07) is 0. The fourth-order valence-corrected chi connectivity index (χ4v) is 1.90. The van der Waals surface area contributed by atoms with E-state index in [1.54, 1.807) is 0 Å². The third-order valence-electron chi connectivity index (χ3n) is 3.36. The minimum absolute atomic E-state index is 0.368. The summed E-state index contributed by atoms with van der Waals surface area (Å²) in [5, 5.41) is 18.8. The topological polar surface area (TPSA) is 40.5 Å². The predicted molar refractivity (Wildman–Crippen MR) is 75.7 cm³/mol. The lowest BCUT2D eigenvalue weighted by molar-refractivity contribution is 0.0444. The van der Waals surface area contributed by atoms with E-state index in [0.717, 1.165) is 25.7 Å². The van der Waals surface area contributed by atoms with Gasteiger partial charge in [-0.2, -0.15) is 0 Å². The summed E-state index contributed by atoms with van der Waals surface area (Å²) in [6.07, 6.45) is 14.5. The van der Waals surface area contributed by atoms with Crippen LogP contribution in [0, 0.1) is 36.5 Å². The van der Waals surface area contributed by atoms with Crippen LogP contribution in [0.1, 0.15) is 52.4 Å². The van der Waals surface area contributed by atoms with Crippen molar-refractivity contribution in [2.45, 2.75) is 64.6 Å². The van der Waals surface area contributed by atoms with Crippen molar-refractivity contribution in [3.8, 4) is 24.7 Å². The fourth-order valence-electron chi connectivity index (χ4n) is 1.90. The van der Waals surface area contributed by atoms with Crippen LogP contribution >= 0.6 is 0 Å². The predicted octanol–water partition coefficient (Wildman–Crippen LogP) is 2.59. The molecule has 2 nitrogen and oxygen atoms in total. The van der Waals surface area contributed by atoms with Crippen LogP contribution in [0.25, 0.3) is 0 Å². The molecule has 0 aromatic rings. The summed E-state index contributed by atoms with van der Waals surface area (Å²) in [4.78, 5) is 0. The summed E-state index contributed by atoms with van der Waals surface area (Å²) in [7, 11) is 0. The second-order valence-electron chi connectivity index (χ2n) is 5.21. The smallest absolute Gasteiger partial charge is 0.140 e. The van der Waals surface area contributed by atoms with Crippen molar-refractivity contribution < 1.29 is 10.2 Å². The van der Waals surface area contributed by atoms with Crippen LogP contribution in [-0.2, 0) is 0 Å². The van der Waals surface area contributed by atoms with Crippen LogP contribution in [0.4, 0.5) is 0 Å². The molecule has 0 fully saturated rings. The van der Waals surface area contributed by atoms with Crippen molar-refractivity contribution in [1.82, 2.24) is 0 Å². The minimum Gasteiger partial charge on any atom is -0.389 e. The molecule has 102 valence electrons. The summed E-state index contributed by atoms with van der Waals surface area (Å²) in [5.74, 6) is 5.79. The maximum atomic E-state index is 9.53. The number of aliphatic hydroxyl groups excluding tert-OH is 2. The van der Waals surface area contributed by atoms with Gasteiger partial charge in [-0.05, 0) is 25.2 Å². The van der Waals surface area contributed by atoms with Gasteiger partial charge in [-0.25, -0.2) is 0 Å². The lowest BCUT2D eigenvalue weighted by Gasteiger charge is -2.16. The molecule has 0 aliphatic rings. The first-order valence-corrected chi connectivity index (χ1v) is 6.79. The van der Waals surface area contributed by atoms with E-state index in [4.69, 9.17) is 12.8 Å². The lowest BCUT2D eigenvalue weighted by Crippen LogP contribution is -2.24. The summed E-state index contributed by atoms with van der Waals surface area (Å²) in [6.45, 7) is 4.24. The van der Waals surface area contributed by atoms with Gasteiger partial charge < -0.3 is 10.2 Å². The van der Waals surface area contributed by atoms with Crippen molar-refractivity contribution in [1.29, 1.82) is 0 Å². The van der Waals surface area contributed by atoms with Gasteiger partial charge in [0, 0.05) is 5.92 Å². The van der Waals surface area contributed by atoms with Gasteiger partial charge in [0.15, 0.2) is 0 Å². The lowest BCUT2D eigenvalue weighted by atomic mass is 9.94. The molecule has 0 aliphatic heterocycles. The quantitative estimate of drug-likeness (QED) is 0.488. The van der Waals surface area contributed by atoms with Crippen LogP contribution in [0.15, 0.2) is 0 Å². The normalized spacial score (nSPS) is 17.2. The number of terminal acetylenes is 2. The first-order chi connectivity index (χ1) is 8.51. The minimum atomic E-state index is -1.03. The summed E-state index contributed by atoms with van der Waals surface area (Å²) >= 11 is 0. The van der Waals surface area contributed by atoms with Gasteiger partial charge >= 0.3 is 0 Å². The van der Waals surface area contributed by atoms with Crippen molar-refractivity contribution in [2.75, 3.05) is 0 Å². The molecule has 4 unspecified atom stereocenters. The molecular formula is C16H26O2. The van der Waals surface area contributed by atoms with Crippen molar-refractivity contribution in [3.05, 3.63) is 0 Å². The molecule has 0 saturated heterocycles. The number of aliphatic hydroxyl groups is 2. The van der Waals surface area contributed by atoms with Gasteiger partial charge in [-0.3, -0.25) is 0 Å². The highest BCUT2D eigenvalue weighted by Crippen LogP contribution is 2.18. The maximum absolute atomic E-state index is 9.53. The molecule has 2 N–H and O–H groups in total. The second kappa shape index (κ2) is 10.0. The Labute approximate surface area is 112 Å². The van der Waals surface area contributed by atoms with E-state index in [1.165, 1.54) is 6.42 Å². The zero-order valence-electron chi connectivity index (χ0n) is 11.6. The van der Waals surface area contributed by atoms with Crippen LogP contribution in [0.5, 0.6) is 0 Å². The van der Waals surface area contributed by atoms with Gasteiger partial charge in [0.25, 0.3) is 0 Å². The first-order valence-electron chi connectivity index (χ1n) is 6.79. The molecule has 0 amide bonds. The Morgan fingerprint density at radius 1 is 0.889 bits per heavy atom. The Kier molecular flexibility index (Phi) is 9.47. The number of unbranched alkanes of at least 4 members (excludes halogenated alkanes) is 1. The van der Waals surface area contributed by atoms with E-state index < -0.39 is 12.2 Å². The highest BCUT2D eigenvalue weighted by atomic mass is 16.3. The molecule has 0 saturated carbocycles. The average Bonchev–Trinajstić information content (AvgIpc) is 2.39. The third kappa shape index (κ3) is 8.18.